The summed E-state index contributed by atoms with van der Waals surface area (Å²) in [4.78, 5) is 15.0. The van der Waals surface area contributed by atoms with E-state index in [1.54, 1.807) is 37.8 Å². The molecule has 1 atom stereocenters. The summed E-state index contributed by atoms with van der Waals surface area (Å²) in [5, 5.41) is 11.7. The van der Waals surface area contributed by atoms with Gasteiger partial charge in [-0.2, -0.15) is 0 Å². The van der Waals surface area contributed by atoms with Gasteiger partial charge in [0.15, 0.2) is 0 Å². The number of rotatable bonds is 8. The summed E-state index contributed by atoms with van der Waals surface area (Å²) in [6.45, 7) is 2.24. The van der Waals surface area contributed by atoms with Gasteiger partial charge >= 0.3 is 0 Å². The van der Waals surface area contributed by atoms with E-state index in [4.69, 9.17) is 9.47 Å². The van der Waals surface area contributed by atoms with Crippen LogP contribution in [0.1, 0.15) is 23.0 Å². The number of methoxy groups -OCH3 is 2. The van der Waals surface area contributed by atoms with E-state index in [0.29, 0.717) is 18.8 Å². The quantitative estimate of drug-likeness (QED) is 0.583. The number of tetrazole rings is 1. The zero-order valence-electron chi connectivity index (χ0n) is 17.1. The lowest BCUT2D eigenvalue weighted by Crippen LogP contribution is -2.36. The van der Waals surface area contributed by atoms with Crippen LogP contribution in [0, 0.1) is 6.92 Å². The third-order valence-corrected chi connectivity index (χ3v) is 4.73. The molecular weight excluding hydrogens is 370 g/mol. The second-order valence-corrected chi connectivity index (χ2v) is 6.79. The van der Waals surface area contributed by atoms with Gasteiger partial charge in [-0.1, -0.05) is 24.3 Å². The van der Waals surface area contributed by atoms with E-state index in [1.807, 2.05) is 48.5 Å². The Balaban J connectivity index is 1.84. The largest absolute Gasteiger partial charge is 0.497 e. The molecule has 2 aromatic carbocycles. The number of benzene rings is 2. The van der Waals surface area contributed by atoms with Gasteiger partial charge in [0, 0.05) is 20.0 Å². The average molecular weight is 395 g/mol. The number of ether oxygens (including phenoxy) is 2. The molecular formula is C21H25N5O3. The molecule has 0 radical (unpaired) electrons. The number of amides is 1. The van der Waals surface area contributed by atoms with Crippen molar-refractivity contribution in [3.63, 3.8) is 0 Å². The van der Waals surface area contributed by atoms with Crippen molar-refractivity contribution in [1.82, 2.24) is 25.1 Å². The minimum atomic E-state index is -0.562. The molecule has 29 heavy (non-hydrogen) atoms. The summed E-state index contributed by atoms with van der Waals surface area (Å²) in [6.07, 6.45) is 0.449. The fourth-order valence-corrected chi connectivity index (χ4v) is 3.20. The lowest BCUT2D eigenvalue weighted by atomic mass is 10.0. The number of nitrogens with zero attached hydrogens (tertiary/aromatic N) is 5. The molecule has 0 aliphatic rings. The van der Waals surface area contributed by atoms with Crippen molar-refractivity contribution < 1.29 is 14.3 Å². The van der Waals surface area contributed by atoms with Gasteiger partial charge in [-0.25, -0.2) is 4.68 Å². The summed E-state index contributed by atoms with van der Waals surface area (Å²) >= 11 is 0. The van der Waals surface area contributed by atoms with Crippen LogP contribution in [-0.4, -0.2) is 52.3 Å². The molecule has 8 heteroatoms. The first-order valence-electron chi connectivity index (χ1n) is 9.27. The highest BCUT2D eigenvalue weighted by Gasteiger charge is 2.27. The standard InChI is InChI=1S/C21H25N5O3/c1-15-22-23-24-26(15)20(13-16-7-5-9-18(11-16)28-3)21(27)25(2)14-17-8-6-10-19(12-17)29-4/h5-12,20H,13-14H2,1-4H3. The Bertz CT molecular complexity index is 972. The molecule has 1 unspecified atom stereocenters. The maximum absolute atomic E-state index is 13.4. The van der Waals surface area contributed by atoms with E-state index in [0.717, 1.165) is 22.6 Å². The minimum absolute atomic E-state index is 0.0777. The highest BCUT2D eigenvalue weighted by Crippen LogP contribution is 2.22. The van der Waals surface area contributed by atoms with Crippen LogP contribution in [0.25, 0.3) is 0 Å². The van der Waals surface area contributed by atoms with Crippen LogP contribution in [0.2, 0.25) is 0 Å². The summed E-state index contributed by atoms with van der Waals surface area (Å²) < 4.78 is 12.2. The lowest BCUT2D eigenvalue weighted by molar-refractivity contribution is -0.134. The van der Waals surface area contributed by atoms with E-state index < -0.39 is 6.04 Å². The first kappa shape index (κ1) is 20.3. The summed E-state index contributed by atoms with van der Waals surface area (Å²) in [5.74, 6) is 2.01. The highest BCUT2D eigenvalue weighted by molar-refractivity contribution is 5.80. The summed E-state index contributed by atoms with van der Waals surface area (Å²) in [5.41, 5.74) is 1.95. The first-order valence-corrected chi connectivity index (χ1v) is 9.27. The molecule has 0 aliphatic heterocycles. The van der Waals surface area contributed by atoms with Crippen molar-refractivity contribution in [2.75, 3.05) is 21.3 Å². The van der Waals surface area contributed by atoms with E-state index in [1.165, 1.54) is 0 Å². The predicted molar refractivity (Wildman–Crippen MR) is 108 cm³/mol. The van der Waals surface area contributed by atoms with Gasteiger partial charge < -0.3 is 14.4 Å². The van der Waals surface area contributed by atoms with Crippen molar-refractivity contribution in [2.24, 2.45) is 0 Å². The van der Waals surface area contributed by atoms with Crippen LogP contribution in [0.15, 0.2) is 48.5 Å². The molecule has 0 aliphatic carbocycles. The normalized spacial score (nSPS) is 11.7. The zero-order chi connectivity index (χ0) is 20.8. The molecule has 0 saturated carbocycles. The Hall–Kier alpha value is -3.42. The third kappa shape index (κ3) is 4.90. The van der Waals surface area contributed by atoms with Crippen LogP contribution in [0.5, 0.6) is 11.5 Å². The minimum Gasteiger partial charge on any atom is -0.497 e. The molecule has 1 heterocycles. The van der Waals surface area contributed by atoms with Gasteiger partial charge in [-0.3, -0.25) is 4.79 Å². The molecule has 0 bridgehead atoms. The van der Waals surface area contributed by atoms with Gasteiger partial charge in [0.05, 0.1) is 14.2 Å². The van der Waals surface area contributed by atoms with Gasteiger partial charge in [0.1, 0.15) is 23.4 Å². The second kappa shape index (κ2) is 9.18. The topological polar surface area (TPSA) is 82.4 Å². The summed E-state index contributed by atoms with van der Waals surface area (Å²) in [6, 6.07) is 14.8. The van der Waals surface area contributed by atoms with Crippen LogP contribution in [-0.2, 0) is 17.8 Å². The monoisotopic (exact) mass is 395 g/mol. The molecule has 0 spiro atoms. The van der Waals surface area contributed by atoms with E-state index >= 15 is 0 Å². The van der Waals surface area contributed by atoms with Crippen LogP contribution >= 0.6 is 0 Å². The predicted octanol–water partition coefficient (Wildman–Crippen LogP) is 2.44. The van der Waals surface area contributed by atoms with Gasteiger partial charge in [0.25, 0.3) is 0 Å². The Morgan fingerprint density at radius 1 is 1.07 bits per heavy atom. The molecule has 0 N–H and O–H groups in total. The third-order valence-electron chi connectivity index (χ3n) is 4.73. The zero-order valence-corrected chi connectivity index (χ0v) is 17.1. The Labute approximate surface area is 170 Å². The van der Waals surface area contributed by atoms with Crippen molar-refractivity contribution in [3.05, 3.63) is 65.5 Å². The van der Waals surface area contributed by atoms with Gasteiger partial charge in [-0.05, 0) is 52.7 Å². The molecule has 8 nitrogen and oxygen atoms in total. The van der Waals surface area contributed by atoms with Crippen molar-refractivity contribution in [1.29, 1.82) is 0 Å². The van der Waals surface area contributed by atoms with Crippen LogP contribution in [0.4, 0.5) is 0 Å². The number of aromatic nitrogens is 4. The van der Waals surface area contributed by atoms with Crippen molar-refractivity contribution in [2.45, 2.75) is 25.9 Å². The molecule has 152 valence electrons. The van der Waals surface area contributed by atoms with E-state index in [-0.39, 0.29) is 5.91 Å². The van der Waals surface area contributed by atoms with Crippen LogP contribution < -0.4 is 9.47 Å². The number of carbonyl (C=O) groups is 1. The Kier molecular flexibility index (Phi) is 6.43. The highest BCUT2D eigenvalue weighted by atomic mass is 16.5. The number of aryl methyl sites for hydroxylation is 1. The number of likely N-dealkylation sites (N-methyl/N-ethyl adjacent to an activating group) is 1. The Morgan fingerprint density at radius 2 is 1.69 bits per heavy atom. The maximum Gasteiger partial charge on any atom is 0.247 e. The molecule has 0 saturated heterocycles. The molecule has 0 fully saturated rings. The van der Waals surface area contributed by atoms with Crippen LogP contribution in [0.3, 0.4) is 0 Å². The number of carbonyl (C=O) groups excluding carboxylic acids is 1. The van der Waals surface area contributed by atoms with Crippen molar-refractivity contribution in [3.8, 4) is 11.5 Å². The van der Waals surface area contributed by atoms with Gasteiger partial charge in [-0.15, -0.1) is 5.10 Å². The number of hydrogen-bond acceptors (Lipinski definition) is 6. The van der Waals surface area contributed by atoms with E-state index in [9.17, 15) is 4.79 Å². The SMILES string of the molecule is COc1cccc(CC(C(=O)N(C)Cc2cccc(OC)c2)n2nnnc2C)c1. The fraction of sp³-hybridized carbons (Fsp3) is 0.333. The Morgan fingerprint density at radius 3 is 2.28 bits per heavy atom. The maximum atomic E-state index is 13.4. The second-order valence-electron chi connectivity index (χ2n) is 6.79. The van der Waals surface area contributed by atoms with Crippen molar-refractivity contribution >= 4 is 5.91 Å². The lowest BCUT2D eigenvalue weighted by Gasteiger charge is -2.24. The summed E-state index contributed by atoms with van der Waals surface area (Å²) in [7, 11) is 5.02. The first-order chi connectivity index (χ1) is 14.0. The number of hydrogen-bond donors (Lipinski definition) is 0. The molecule has 3 rings (SSSR count). The van der Waals surface area contributed by atoms with E-state index in [2.05, 4.69) is 15.5 Å². The fourth-order valence-electron chi connectivity index (χ4n) is 3.20. The average Bonchev–Trinajstić information content (AvgIpc) is 3.17. The molecule has 1 aromatic heterocycles. The smallest absolute Gasteiger partial charge is 0.247 e. The molecule has 3 aromatic rings. The van der Waals surface area contributed by atoms with Gasteiger partial charge in [0.2, 0.25) is 5.91 Å². The molecule has 1 amide bonds.